The minimum absolute atomic E-state index is 0.00568. The van der Waals surface area contributed by atoms with Gasteiger partial charge in [0, 0.05) is 36.5 Å². The Labute approximate surface area is 133 Å². The zero-order valence-corrected chi connectivity index (χ0v) is 12.8. The van der Waals surface area contributed by atoms with Crippen molar-refractivity contribution in [2.24, 2.45) is 0 Å². The molecule has 23 heavy (non-hydrogen) atoms. The number of carbonyl (C=O) groups is 1. The van der Waals surface area contributed by atoms with Crippen molar-refractivity contribution in [2.45, 2.75) is 19.3 Å². The van der Waals surface area contributed by atoms with Crippen LogP contribution >= 0.6 is 0 Å². The average Bonchev–Trinajstić information content (AvgIpc) is 2.50. The third kappa shape index (κ3) is 3.71. The molecule has 6 heteroatoms. The number of benzene rings is 1. The number of hydrogen-bond donors (Lipinski definition) is 1. The van der Waals surface area contributed by atoms with Crippen LogP contribution in [0.2, 0.25) is 0 Å². The van der Waals surface area contributed by atoms with Crippen molar-refractivity contribution in [3.8, 4) is 5.75 Å². The van der Waals surface area contributed by atoms with Crippen molar-refractivity contribution in [1.29, 1.82) is 0 Å². The maximum absolute atomic E-state index is 11.8. The van der Waals surface area contributed by atoms with Gasteiger partial charge in [-0.3, -0.25) is 0 Å². The van der Waals surface area contributed by atoms with Crippen LogP contribution in [0.3, 0.4) is 0 Å². The Morgan fingerprint density at radius 1 is 1.48 bits per heavy atom. The number of phenols is 1. The maximum Gasteiger partial charge on any atom is 0.336 e. The van der Waals surface area contributed by atoms with E-state index in [1.165, 1.54) is 24.3 Å². The van der Waals surface area contributed by atoms with Crippen LogP contribution in [0.5, 0.6) is 5.75 Å². The van der Waals surface area contributed by atoms with Crippen LogP contribution < -0.4 is 10.7 Å². The molecule has 0 aliphatic heterocycles. The molecule has 0 spiro atoms. The van der Waals surface area contributed by atoms with Gasteiger partial charge in [0.2, 0.25) is 0 Å². The SMILES string of the molecule is C=CCN(CC(CC)c1cc(=O)oc2cc(O)ccc12)C(=O)[O-]. The normalized spacial score (nSPS) is 12.0. The highest BCUT2D eigenvalue weighted by atomic mass is 16.4. The molecule has 0 radical (unpaired) electrons. The number of rotatable bonds is 6. The highest BCUT2D eigenvalue weighted by Gasteiger charge is 2.18. The molecule has 0 saturated carbocycles. The fourth-order valence-electron chi connectivity index (χ4n) is 2.61. The topological polar surface area (TPSA) is 93.8 Å². The second-order valence-electron chi connectivity index (χ2n) is 5.27. The van der Waals surface area contributed by atoms with Gasteiger partial charge in [0.05, 0.1) is 0 Å². The summed E-state index contributed by atoms with van der Waals surface area (Å²) in [5, 5.41) is 21.4. The van der Waals surface area contributed by atoms with Gasteiger partial charge >= 0.3 is 5.63 Å². The highest BCUT2D eigenvalue weighted by Crippen LogP contribution is 2.29. The monoisotopic (exact) mass is 316 g/mol. The molecule has 1 aromatic carbocycles. The lowest BCUT2D eigenvalue weighted by molar-refractivity contribution is -0.265. The van der Waals surface area contributed by atoms with Crippen molar-refractivity contribution >= 4 is 17.1 Å². The molecule has 1 unspecified atom stereocenters. The fraction of sp³-hybridized carbons (Fsp3) is 0.294. The molecule has 1 amide bonds. The zero-order valence-electron chi connectivity index (χ0n) is 12.8. The van der Waals surface area contributed by atoms with E-state index in [1.807, 2.05) is 6.92 Å². The zero-order chi connectivity index (χ0) is 17.0. The van der Waals surface area contributed by atoms with E-state index in [0.717, 1.165) is 4.90 Å². The summed E-state index contributed by atoms with van der Waals surface area (Å²) in [7, 11) is 0. The molecule has 1 atom stereocenters. The summed E-state index contributed by atoms with van der Waals surface area (Å²) < 4.78 is 5.10. The third-order valence-electron chi connectivity index (χ3n) is 3.74. The number of aromatic hydroxyl groups is 1. The Kier molecular flexibility index (Phi) is 5.05. The van der Waals surface area contributed by atoms with Crippen LogP contribution in [-0.4, -0.2) is 29.2 Å². The summed E-state index contributed by atoms with van der Waals surface area (Å²) in [6.45, 7) is 5.78. The minimum Gasteiger partial charge on any atom is -0.530 e. The first-order valence-corrected chi connectivity index (χ1v) is 7.29. The molecule has 0 aliphatic carbocycles. The van der Waals surface area contributed by atoms with E-state index in [9.17, 15) is 19.8 Å². The van der Waals surface area contributed by atoms with E-state index < -0.39 is 11.7 Å². The molecule has 0 aliphatic rings. The first-order chi connectivity index (χ1) is 11.0. The minimum atomic E-state index is -1.28. The van der Waals surface area contributed by atoms with E-state index in [4.69, 9.17) is 4.42 Å². The number of amides is 1. The molecule has 122 valence electrons. The molecule has 2 rings (SSSR count). The van der Waals surface area contributed by atoms with E-state index in [0.29, 0.717) is 17.4 Å². The molecular weight excluding hydrogens is 298 g/mol. The Bertz CT molecular complexity index is 780. The number of carboxylic acid groups (broad SMARTS) is 1. The van der Waals surface area contributed by atoms with Gasteiger partial charge in [0.1, 0.15) is 17.4 Å². The predicted octanol–water partition coefficient (Wildman–Crippen LogP) is 1.82. The van der Waals surface area contributed by atoms with Gasteiger partial charge in [0.15, 0.2) is 0 Å². The summed E-state index contributed by atoms with van der Waals surface area (Å²) >= 11 is 0. The maximum atomic E-state index is 11.8. The van der Waals surface area contributed by atoms with Gasteiger partial charge in [-0.15, -0.1) is 6.58 Å². The van der Waals surface area contributed by atoms with Gasteiger partial charge in [-0.05, 0) is 24.1 Å². The van der Waals surface area contributed by atoms with Crippen molar-refractivity contribution in [3.05, 3.63) is 52.9 Å². The molecule has 0 bridgehead atoms. The van der Waals surface area contributed by atoms with Crippen LogP contribution in [0, 0.1) is 0 Å². The van der Waals surface area contributed by atoms with E-state index in [2.05, 4.69) is 6.58 Å². The van der Waals surface area contributed by atoms with Gasteiger partial charge < -0.3 is 24.3 Å². The van der Waals surface area contributed by atoms with Crippen molar-refractivity contribution in [1.82, 2.24) is 4.90 Å². The molecule has 0 saturated heterocycles. The van der Waals surface area contributed by atoms with Crippen molar-refractivity contribution < 1.29 is 19.4 Å². The smallest absolute Gasteiger partial charge is 0.336 e. The highest BCUT2D eigenvalue weighted by molar-refractivity contribution is 5.82. The lowest BCUT2D eigenvalue weighted by atomic mass is 9.93. The molecule has 1 N–H and O–H groups in total. The van der Waals surface area contributed by atoms with Crippen LogP contribution in [0.1, 0.15) is 24.8 Å². The van der Waals surface area contributed by atoms with E-state index in [-0.39, 0.29) is 30.3 Å². The standard InChI is InChI=1S/C17H19NO5/c1-3-7-18(17(21)22)10-11(4-2)14-9-16(20)23-15-8-12(19)5-6-13(14)15/h3,5-6,8-9,11,19H,1,4,7,10H2,2H3,(H,21,22)/p-1. The number of nitrogens with zero attached hydrogens (tertiary/aromatic N) is 1. The van der Waals surface area contributed by atoms with Gasteiger partial charge in [-0.2, -0.15) is 0 Å². The number of fused-ring (bicyclic) bond motifs is 1. The Morgan fingerprint density at radius 2 is 2.22 bits per heavy atom. The van der Waals surface area contributed by atoms with E-state index >= 15 is 0 Å². The third-order valence-corrected chi connectivity index (χ3v) is 3.74. The van der Waals surface area contributed by atoms with Gasteiger partial charge in [-0.1, -0.05) is 13.0 Å². The van der Waals surface area contributed by atoms with Crippen LogP contribution in [0.4, 0.5) is 4.79 Å². The molecule has 1 aromatic heterocycles. The summed E-state index contributed by atoms with van der Waals surface area (Å²) in [6, 6.07) is 5.89. The lowest BCUT2D eigenvalue weighted by Gasteiger charge is -2.28. The number of carbonyl (C=O) groups excluding carboxylic acids is 1. The Balaban J connectivity index is 2.48. The summed E-state index contributed by atoms with van der Waals surface area (Å²) in [6.07, 6.45) is 0.825. The first kappa shape index (κ1) is 16.6. The lowest BCUT2D eigenvalue weighted by Crippen LogP contribution is -2.43. The molecule has 0 fully saturated rings. The van der Waals surface area contributed by atoms with Crippen LogP contribution in [0.25, 0.3) is 11.0 Å². The number of hydrogen-bond acceptors (Lipinski definition) is 5. The van der Waals surface area contributed by atoms with Crippen LogP contribution in [0.15, 0.2) is 46.1 Å². The predicted molar refractivity (Wildman–Crippen MR) is 84.3 cm³/mol. The van der Waals surface area contributed by atoms with Crippen molar-refractivity contribution in [3.63, 3.8) is 0 Å². The quantitative estimate of drug-likeness (QED) is 0.648. The summed E-state index contributed by atoms with van der Waals surface area (Å²) in [5.41, 5.74) is 0.420. The fourth-order valence-corrected chi connectivity index (χ4v) is 2.61. The molecule has 2 aromatic rings. The molecule has 6 nitrogen and oxygen atoms in total. The van der Waals surface area contributed by atoms with Crippen LogP contribution in [-0.2, 0) is 0 Å². The number of phenolic OH excluding ortho intramolecular Hbond substituents is 1. The van der Waals surface area contributed by atoms with E-state index in [1.54, 1.807) is 6.07 Å². The van der Waals surface area contributed by atoms with Crippen molar-refractivity contribution in [2.75, 3.05) is 13.1 Å². The molecular formula is C17H18NO5-. The largest absolute Gasteiger partial charge is 0.530 e. The van der Waals surface area contributed by atoms with Gasteiger partial charge in [0.25, 0.3) is 0 Å². The Morgan fingerprint density at radius 3 is 2.83 bits per heavy atom. The first-order valence-electron chi connectivity index (χ1n) is 7.29. The second-order valence-corrected chi connectivity index (χ2v) is 5.27. The molecule has 1 heterocycles. The summed E-state index contributed by atoms with van der Waals surface area (Å²) in [4.78, 5) is 24.1. The summed E-state index contributed by atoms with van der Waals surface area (Å²) in [5.74, 6) is -0.210. The Hall–Kier alpha value is -2.76. The second kappa shape index (κ2) is 7.00. The average molecular weight is 316 g/mol. The van der Waals surface area contributed by atoms with Gasteiger partial charge in [-0.25, -0.2) is 4.79 Å².